The number of rotatable bonds is 7. The fraction of sp³-hybridized carbons (Fsp3) is 0.385. The Bertz CT molecular complexity index is 1130. The Labute approximate surface area is 188 Å². The number of fused-ring (bicyclic) bond motifs is 1. The minimum Gasteiger partial charge on any atom is -0.497 e. The van der Waals surface area contributed by atoms with Crippen LogP contribution in [0.4, 0.5) is 0 Å². The van der Waals surface area contributed by atoms with Crippen molar-refractivity contribution in [2.75, 3.05) is 20.2 Å². The number of aryl methyl sites for hydroxylation is 1. The smallest absolute Gasteiger partial charge is 0.339 e. The van der Waals surface area contributed by atoms with Crippen LogP contribution in [0.1, 0.15) is 36.0 Å². The van der Waals surface area contributed by atoms with Gasteiger partial charge in [0.05, 0.1) is 7.11 Å². The first-order valence-electron chi connectivity index (χ1n) is 11.2. The molecule has 0 unspecified atom stereocenters. The summed E-state index contributed by atoms with van der Waals surface area (Å²) in [7, 11) is 1.58. The Balaban J connectivity index is 1.30. The first-order valence-corrected chi connectivity index (χ1v) is 11.2. The molecule has 1 fully saturated rings. The summed E-state index contributed by atoms with van der Waals surface area (Å²) >= 11 is 0. The average molecular weight is 435 g/mol. The van der Waals surface area contributed by atoms with E-state index in [9.17, 15) is 9.59 Å². The predicted octanol–water partition coefficient (Wildman–Crippen LogP) is 3.82. The highest BCUT2D eigenvalue weighted by molar-refractivity contribution is 5.82. The number of piperidine rings is 1. The standard InChI is InChI=1S/C26H30N2O4/c1-18-22-9-8-21(31-2)16-24(22)32-26(30)23(18)10-11-25(29)27-20-12-14-28(15-13-20)17-19-6-4-3-5-7-19/h3-9,16,20H,10-15,17H2,1-2H3,(H,27,29). The fourth-order valence-corrected chi connectivity index (χ4v) is 4.41. The normalized spacial score (nSPS) is 15.1. The zero-order chi connectivity index (χ0) is 22.5. The molecular formula is C26H30N2O4. The van der Waals surface area contributed by atoms with Gasteiger partial charge in [-0.05, 0) is 49.4 Å². The van der Waals surface area contributed by atoms with Crippen LogP contribution >= 0.6 is 0 Å². The second-order valence-corrected chi connectivity index (χ2v) is 8.46. The third kappa shape index (κ3) is 5.19. The van der Waals surface area contributed by atoms with Gasteiger partial charge in [-0.15, -0.1) is 0 Å². The zero-order valence-electron chi connectivity index (χ0n) is 18.7. The van der Waals surface area contributed by atoms with Crippen LogP contribution in [0.2, 0.25) is 0 Å². The maximum absolute atomic E-state index is 12.6. The van der Waals surface area contributed by atoms with Gasteiger partial charge in [0.15, 0.2) is 0 Å². The Morgan fingerprint density at radius 3 is 2.62 bits per heavy atom. The molecule has 32 heavy (non-hydrogen) atoms. The molecule has 1 N–H and O–H groups in total. The third-order valence-electron chi connectivity index (χ3n) is 6.30. The Hall–Kier alpha value is -3.12. The molecule has 6 nitrogen and oxygen atoms in total. The topological polar surface area (TPSA) is 71.8 Å². The van der Waals surface area contributed by atoms with E-state index in [0.29, 0.717) is 23.3 Å². The molecule has 168 valence electrons. The van der Waals surface area contributed by atoms with Gasteiger partial charge < -0.3 is 14.5 Å². The van der Waals surface area contributed by atoms with Crippen molar-refractivity contribution in [1.29, 1.82) is 0 Å². The van der Waals surface area contributed by atoms with E-state index in [-0.39, 0.29) is 24.0 Å². The largest absolute Gasteiger partial charge is 0.497 e. The summed E-state index contributed by atoms with van der Waals surface area (Å²) in [6.45, 7) is 4.79. The van der Waals surface area contributed by atoms with Crippen LogP contribution in [0.25, 0.3) is 11.0 Å². The molecule has 6 heteroatoms. The number of amides is 1. The Morgan fingerprint density at radius 1 is 1.16 bits per heavy atom. The van der Waals surface area contributed by atoms with Crippen molar-refractivity contribution < 1.29 is 13.9 Å². The van der Waals surface area contributed by atoms with E-state index in [0.717, 1.165) is 43.4 Å². The number of carbonyl (C=O) groups is 1. The molecule has 0 spiro atoms. The summed E-state index contributed by atoms with van der Waals surface area (Å²) in [6.07, 6.45) is 2.53. The van der Waals surface area contributed by atoms with Gasteiger partial charge >= 0.3 is 5.63 Å². The van der Waals surface area contributed by atoms with Gasteiger partial charge in [0.2, 0.25) is 5.91 Å². The van der Waals surface area contributed by atoms with Crippen molar-refractivity contribution in [2.45, 2.75) is 45.2 Å². The Kier molecular flexibility index (Phi) is 6.90. The number of ether oxygens (including phenoxy) is 1. The van der Waals surface area contributed by atoms with E-state index >= 15 is 0 Å². The van der Waals surface area contributed by atoms with E-state index < -0.39 is 0 Å². The first kappa shape index (κ1) is 22.1. The highest BCUT2D eigenvalue weighted by atomic mass is 16.5. The molecule has 0 aliphatic carbocycles. The van der Waals surface area contributed by atoms with Crippen LogP contribution < -0.4 is 15.7 Å². The summed E-state index contributed by atoms with van der Waals surface area (Å²) in [5, 5.41) is 4.02. The summed E-state index contributed by atoms with van der Waals surface area (Å²) in [4.78, 5) is 27.5. The van der Waals surface area contributed by atoms with Crippen LogP contribution in [-0.2, 0) is 17.8 Å². The van der Waals surface area contributed by atoms with Crippen molar-refractivity contribution in [1.82, 2.24) is 10.2 Å². The Morgan fingerprint density at radius 2 is 1.91 bits per heavy atom. The summed E-state index contributed by atoms with van der Waals surface area (Å²) < 4.78 is 10.7. The van der Waals surface area contributed by atoms with Gasteiger partial charge in [0.1, 0.15) is 11.3 Å². The summed E-state index contributed by atoms with van der Waals surface area (Å²) in [5.41, 5.74) is 2.86. The number of likely N-dealkylation sites (tertiary alicyclic amines) is 1. The number of nitrogens with zero attached hydrogens (tertiary/aromatic N) is 1. The molecule has 0 saturated carbocycles. The number of carbonyl (C=O) groups excluding carboxylic acids is 1. The van der Waals surface area contributed by atoms with E-state index in [4.69, 9.17) is 9.15 Å². The van der Waals surface area contributed by atoms with Crippen molar-refractivity contribution in [2.24, 2.45) is 0 Å². The molecule has 1 aromatic heterocycles. The van der Waals surface area contributed by atoms with E-state index in [2.05, 4.69) is 34.5 Å². The molecule has 1 saturated heterocycles. The molecule has 2 heterocycles. The number of methoxy groups -OCH3 is 1. The monoisotopic (exact) mass is 434 g/mol. The highest BCUT2D eigenvalue weighted by Gasteiger charge is 2.21. The maximum Gasteiger partial charge on any atom is 0.339 e. The van der Waals surface area contributed by atoms with Gasteiger partial charge in [-0.2, -0.15) is 0 Å². The lowest BCUT2D eigenvalue weighted by atomic mass is 10.0. The SMILES string of the molecule is COc1ccc2c(C)c(CCC(=O)NC3CCN(Cc4ccccc4)CC3)c(=O)oc2c1. The summed E-state index contributed by atoms with van der Waals surface area (Å²) in [6, 6.07) is 16.1. The van der Waals surface area contributed by atoms with E-state index in [1.807, 2.05) is 25.1 Å². The molecule has 1 amide bonds. The molecule has 0 radical (unpaired) electrons. The van der Waals surface area contributed by atoms with Crippen LogP contribution in [0, 0.1) is 6.92 Å². The second kappa shape index (κ2) is 10.0. The second-order valence-electron chi connectivity index (χ2n) is 8.46. The highest BCUT2D eigenvalue weighted by Crippen LogP contribution is 2.24. The molecule has 2 aromatic carbocycles. The molecule has 4 rings (SSSR count). The third-order valence-corrected chi connectivity index (χ3v) is 6.30. The molecule has 0 bridgehead atoms. The zero-order valence-corrected chi connectivity index (χ0v) is 18.7. The quantitative estimate of drug-likeness (QED) is 0.573. The number of hydrogen-bond acceptors (Lipinski definition) is 5. The minimum atomic E-state index is -0.384. The van der Waals surface area contributed by atoms with Gasteiger partial charge in [0, 0.05) is 49.1 Å². The van der Waals surface area contributed by atoms with Crippen LogP contribution in [0.3, 0.4) is 0 Å². The minimum absolute atomic E-state index is 0.0138. The fourth-order valence-electron chi connectivity index (χ4n) is 4.41. The van der Waals surface area contributed by atoms with E-state index in [1.54, 1.807) is 13.2 Å². The van der Waals surface area contributed by atoms with Gasteiger partial charge in [-0.3, -0.25) is 9.69 Å². The van der Waals surface area contributed by atoms with Gasteiger partial charge in [-0.25, -0.2) is 4.79 Å². The number of nitrogens with one attached hydrogen (secondary N) is 1. The van der Waals surface area contributed by atoms with E-state index in [1.165, 1.54) is 5.56 Å². The van der Waals surface area contributed by atoms with Crippen LogP contribution in [0.5, 0.6) is 5.75 Å². The van der Waals surface area contributed by atoms with Crippen LogP contribution in [-0.4, -0.2) is 37.0 Å². The molecule has 0 atom stereocenters. The first-order chi connectivity index (χ1) is 15.5. The molecule has 1 aliphatic heterocycles. The number of benzene rings is 2. The lowest BCUT2D eigenvalue weighted by Crippen LogP contribution is -2.44. The van der Waals surface area contributed by atoms with Gasteiger partial charge in [0.25, 0.3) is 0 Å². The van der Waals surface area contributed by atoms with Crippen molar-refractivity contribution in [3.63, 3.8) is 0 Å². The molecular weight excluding hydrogens is 404 g/mol. The lowest BCUT2D eigenvalue weighted by molar-refractivity contribution is -0.122. The van der Waals surface area contributed by atoms with Crippen LogP contribution in [0.15, 0.2) is 57.7 Å². The average Bonchev–Trinajstić information content (AvgIpc) is 2.80. The number of hydrogen-bond donors (Lipinski definition) is 1. The summed E-state index contributed by atoms with van der Waals surface area (Å²) in [5.74, 6) is 0.627. The molecule has 1 aliphatic rings. The maximum atomic E-state index is 12.6. The van der Waals surface area contributed by atoms with Crippen molar-refractivity contribution in [3.05, 3.63) is 75.6 Å². The van der Waals surface area contributed by atoms with Crippen molar-refractivity contribution in [3.8, 4) is 5.75 Å². The lowest BCUT2D eigenvalue weighted by Gasteiger charge is -2.32. The van der Waals surface area contributed by atoms with Crippen molar-refractivity contribution >= 4 is 16.9 Å². The predicted molar refractivity (Wildman–Crippen MR) is 125 cm³/mol. The van der Waals surface area contributed by atoms with Gasteiger partial charge in [-0.1, -0.05) is 30.3 Å². The molecule has 3 aromatic rings.